The summed E-state index contributed by atoms with van der Waals surface area (Å²) in [5.74, 6) is 0. The van der Waals surface area contributed by atoms with Crippen LogP contribution in [0.3, 0.4) is 0 Å². The highest BCUT2D eigenvalue weighted by Gasteiger charge is 2.10. The van der Waals surface area contributed by atoms with Crippen LogP contribution in [0.25, 0.3) is 0 Å². The normalized spacial score (nSPS) is 16.5. The lowest BCUT2D eigenvalue weighted by molar-refractivity contribution is 0.321. The molecule has 1 aromatic rings. The van der Waals surface area contributed by atoms with E-state index in [2.05, 4.69) is 21.4 Å². The summed E-state index contributed by atoms with van der Waals surface area (Å²) >= 11 is 0. The van der Waals surface area contributed by atoms with E-state index < -0.39 is 0 Å². The van der Waals surface area contributed by atoms with Gasteiger partial charge in [0.1, 0.15) is 0 Å². The Kier molecular flexibility index (Phi) is 5.61. The molecule has 5 heteroatoms. The maximum Gasteiger partial charge on any atom is 0.0827 e. The largest absolute Gasteiger partial charge is 0.330 e. The molecule has 18 heavy (non-hydrogen) atoms. The van der Waals surface area contributed by atoms with Gasteiger partial charge in [-0.15, -0.1) is 5.10 Å². The van der Waals surface area contributed by atoms with Gasteiger partial charge in [-0.25, -0.2) is 0 Å². The van der Waals surface area contributed by atoms with Crippen LogP contribution >= 0.6 is 0 Å². The Morgan fingerprint density at radius 1 is 1.11 bits per heavy atom. The molecule has 0 aliphatic carbocycles. The van der Waals surface area contributed by atoms with Gasteiger partial charge < -0.3 is 10.6 Å². The van der Waals surface area contributed by atoms with Crippen molar-refractivity contribution in [2.45, 2.75) is 45.1 Å². The highest BCUT2D eigenvalue weighted by Crippen LogP contribution is 2.08. The molecule has 0 radical (unpaired) electrons. The average Bonchev–Trinajstić information content (AvgIpc) is 3.01. The van der Waals surface area contributed by atoms with E-state index in [0.717, 1.165) is 38.0 Å². The first-order valence-corrected chi connectivity index (χ1v) is 7.20. The van der Waals surface area contributed by atoms with Crippen molar-refractivity contribution in [2.24, 2.45) is 5.73 Å². The highest BCUT2D eigenvalue weighted by molar-refractivity contribution is 4.92. The van der Waals surface area contributed by atoms with Crippen LogP contribution in [0.2, 0.25) is 0 Å². The first-order valence-electron chi connectivity index (χ1n) is 7.20. The van der Waals surface area contributed by atoms with Gasteiger partial charge in [0.2, 0.25) is 0 Å². The minimum Gasteiger partial charge on any atom is -0.330 e. The van der Waals surface area contributed by atoms with E-state index in [0.29, 0.717) is 0 Å². The number of likely N-dealkylation sites (tertiary alicyclic amines) is 1. The monoisotopic (exact) mass is 251 g/mol. The Bertz CT molecular complexity index is 330. The Labute approximate surface area is 109 Å². The molecule has 1 aliphatic rings. The van der Waals surface area contributed by atoms with E-state index in [4.69, 9.17) is 5.73 Å². The Balaban J connectivity index is 1.63. The van der Waals surface area contributed by atoms with Gasteiger partial charge in [-0.3, -0.25) is 4.68 Å². The summed E-state index contributed by atoms with van der Waals surface area (Å²) in [5.41, 5.74) is 6.58. The first kappa shape index (κ1) is 13.5. The average molecular weight is 251 g/mol. The molecule has 0 atom stereocenters. The Hall–Kier alpha value is -0.940. The summed E-state index contributed by atoms with van der Waals surface area (Å²) in [6.07, 6.45) is 9.18. The lowest BCUT2D eigenvalue weighted by atomic mass is 10.2. The number of hydrogen-bond donors (Lipinski definition) is 1. The van der Waals surface area contributed by atoms with Gasteiger partial charge in [-0.05, 0) is 64.7 Å². The minimum absolute atomic E-state index is 0.768. The lowest BCUT2D eigenvalue weighted by Crippen LogP contribution is -2.21. The number of aryl methyl sites for hydroxylation is 2. The van der Waals surface area contributed by atoms with Crippen LogP contribution in [0.4, 0.5) is 0 Å². The molecule has 0 bridgehead atoms. The number of rotatable bonds is 8. The third kappa shape index (κ3) is 4.38. The predicted octanol–water partition coefficient (Wildman–Crippen LogP) is 1.05. The summed E-state index contributed by atoms with van der Waals surface area (Å²) in [4.78, 5) is 2.54. The molecule has 1 aromatic heterocycles. The maximum absolute atomic E-state index is 5.48. The van der Waals surface area contributed by atoms with E-state index >= 15 is 0 Å². The fourth-order valence-corrected chi connectivity index (χ4v) is 2.48. The summed E-state index contributed by atoms with van der Waals surface area (Å²) in [7, 11) is 0. The maximum atomic E-state index is 5.48. The van der Waals surface area contributed by atoms with Crippen LogP contribution in [-0.4, -0.2) is 46.1 Å². The molecule has 0 unspecified atom stereocenters. The zero-order valence-electron chi connectivity index (χ0n) is 11.2. The van der Waals surface area contributed by atoms with Gasteiger partial charge in [0.05, 0.1) is 5.69 Å². The smallest absolute Gasteiger partial charge is 0.0827 e. The van der Waals surface area contributed by atoms with Crippen molar-refractivity contribution < 1.29 is 0 Å². The molecular weight excluding hydrogens is 226 g/mol. The summed E-state index contributed by atoms with van der Waals surface area (Å²) < 4.78 is 1.98. The molecule has 102 valence electrons. The van der Waals surface area contributed by atoms with Crippen LogP contribution in [0, 0.1) is 0 Å². The SMILES string of the molecule is NCCCCc1cn(CCCN2CCCC2)nn1. The fraction of sp³-hybridized carbons (Fsp3) is 0.846. The van der Waals surface area contributed by atoms with Crippen molar-refractivity contribution >= 4 is 0 Å². The zero-order valence-corrected chi connectivity index (χ0v) is 11.2. The van der Waals surface area contributed by atoms with Crippen LogP contribution in [-0.2, 0) is 13.0 Å². The Morgan fingerprint density at radius 2 is 1.94 bits per heavy atom. The topological polar surface area (TPSA) is 60.0 Å². The third-order valence-corrected chi connectivity index (χ3v) is 3.53. The van der Waals surface area contributed by atoms with E-state index in [9.17, 15) is 0 Å². The molecule has 5 nitrogen and oxygen atoms in total. The molecule has 2 heterocycles. The summed E-state index contributed by atoms with van der Waals surface area (Å²) in [6.45, 7) is 5.51. The Morgan fingerprint density at radius 3 is 2.72 bits per heavy atom. The minimum atomic E-state index is 0.768. The van der Waals surface area contributed by atoms with Crippen molar-refractivity contribution in [3.63, 3.8) is 0 Å². The number of unbranched alkanes of at least 4 members (excludes halogenated alkanes) is 1. The van der Waals surface area contributed by atoms with Crippen molar-refractivity contribution in [1.29, 1.82) is 0 Å². The quantitative estimate of drug-likeness (QED) is 0.701. The van der Waals surface area contributed by atoms with Gasteiger partial charge in [0.25, 0.3) is 0 Å². The second-order valence-corrected chi connectivity index (χ2v) is 5.12. The van der Waals surface area contributed by atoms with Crippen LogP contribution in [0.15, 0.2) is 6.20 Å². The van der Waals surface area contributed by atoms with Crippen molar-refractivity contribution in [3.05, 3.63) is 11.9 Å². The fourth-order valence-electron chi connectivity index (χ4n) is 2.48. The summed E-state index contributed by atoms with van der Waals surface area (Å²) in [6, 6.07) is 0. The van der Waals surface area contributed by atoms with Crippen LogP contribution < -0.4 is 5.73 Å². The molecule has 1 fully saturated rings. The number of aromatic nitrogens is 3. The molecule has 0 saturated carbocycles. The number of nitrogens with two attached hydrogens (primary N) is 1. The van der Waals surface area contributed by atoms with Crippen molar-refractivity contribution in [2.75, 3.05) is 26.2 Å². The number of hydrogen-bond acceptors (Lipinski definition) is 4. The molecule has 0 spiro atoms. The molecular formula is C13H25N5. The van der Waals surface area contributed by atoms with Crippen LogP contribution in [0.5, 0.6) is 0 Å². The second-order valence-electron chi connectivity index (χ2n) is 5.12. The van der Waals surface area contributed by atoms with Gasteiger partial charge in [-0.2, -0.15) is 0 Å². The predicted molar refractivity (Wildman–Crippen MR) is 72.3 cm³/mol. The van der Waals surface area contributed by atoms with E-state index in [1.165, 1.54) is 38.9 Å². The zero-order chi connectivity index (χ0) is 12.6. The number of nitrogens with zero attached hydrogens (tertiary/aromatic N) is 4. The molecule has 0 aromatic carbocycles. The van der Waals surface area contributed by atoms with Gasteiger partial charge in [-0.1, -0.05) is 5.21 Å². The molecule has 2 N–H and O–H groups in total. The first-order chi connectivity index (χ1) is 8.88. The molecule has 2 rings (SSSR count). The summed E-state index contributed by atoms with van der Waals surface area (Å²) in [5, 5.41) is 8.37. The van der Waals surface area contributed by atoms with Gasteiger partial charge in [0.15, 0.2) is 0 Å². The highest BCUT2D eigenvalue weighted by atomic mass is 15.4. The molecule has 1 saturated heterocycles. The van der Waals surface area contributed by atoms with Crippen molar-refractivity contribution in [1.82, 2.24) is 19.9 Å². The second kappa shape index (κ2) is 7.48. The van der Waals surface area contributed by atoms with E-state index in [1.54, 1.807) is 0 Å². The van der Waals surface area contributed by atoms with Gasteiger partial charge in [0, 0.05) is 12.7 Å². The molecule has 1 aliphatic heterocycles. The van der Waals surface area contributed by atoms with Crippen molar-refractivity contribution in [3.8, 4) is 0 Å². The van der Waals surface area contributed by atoms with E-state index in [-0.39, 0.29) is 0 Å². The van der Waals surface area contributed by atoms with Crippen LogP contribution in [0.1, 0.15) is 37.8 Å². The van der Waals surface area contributed by atoms with Gasteiger partial charge >= 0.3 is 0 Å². The molecule has 0 amide bonds. The standard InChI is InChI=1S/C13H25N5/c14-7-2-1-6-13-12-18(16-15-13)11-5-10-17-8-3-4-9-17/h12H,1-11,14H2. The third-order valence-electron chi connectivity index (χ3n) is 3.53. The van der Waals surface area contributed by atoms with E-state index in [1.807, 2.05) is 4.68 Å². The lowest BCUT2D eigenvalue weighted by Gasteiger charge is -2.13.